The third kappa shape index (κ3) is 2.67. The van der Waals surface area contributed by atoms with E-state index in [0.717, 1.165) is 36.6 Å². The summed E-state index contributed by atoms with van der Waals surface area (Å²) in [6.45, 7) is 4.46. The summed E-state index contributed by atoms with van der Waals surface area (Å²) < 4.78 is 5.44. The van der Waals surface area contributed by atoms with Gasteiger partial charge in [0.1, 0.15) is 11.4 Å². The van der Waals surface area contributed by atoms with Crippen molar-refractivity contribution in [3.63, 3.8) is 0 Å². The monoisotopic (exact) mass is 258 g/mol. The number of hydrogen-bond acceptors (Lipinski definition) is 4. The minimum absolute atomic E-state index is 0.0485. The smallest absolute Gasteiger partial charge is 0.117 e. The largest absolute Gasteiger partial charge is 0.379 e. The second-order valence-corrected chi connectivity index (χ2v) is 5.20. The average Bonchev–Trinajstić information content (AvgIpc) is 3.07. The second-order valence-electron chi connectivity index (χ2n) is 5.20. The quantitative estimate of drug-likeness (QED) is 0.877. The van der Waals surface area contributed by atoms with Gasteiger partial charge in [-0.25, -0.2) is 0 Å². The van der Waals surface area contributed by atoms with Crippen LogP contribution in [-0.2, 0) is 11.3 Å². The molecule has 0 radical (unpaired) electrons. The first kappa shape index (κ1) is 12.3. The van der Waals surface area contributed by atoms with Crippen LogP contribution in [0.15, 0.2) is 30.3 Å². The van der Waals surface area contributed by atoms with Crippen molar-refractivity contribution >= 4 is 0 Å². The molecule has 1 aromatic carbocycles. The van der Waals surface area contributed by atoms with Gasteiger partial charge in [-0.1, -0.05) is 30.3 Å². The molecule has 2 aromatic rings. The minimum atomic E-state index is 0.0485. The molecule has 1 atom stereocenters. The second kappa shape index (κ2) is 5.11. The van der Waals surface area contributed by atoms with Gasteiger partial charge in [-0.3, -0.25) is 0 Å². The van der Waals surface area contributed by atoms with Crippen LogP contribution in [0.5, 0.6) is 0 Å². The maximum absolute atomic E-state index is 5.44. The van der Waals surface area contributed by atoms with Gasteiger partial charge >= 0.3 is 0 Å². The summed E-state index contributed by atoms with van der Waals surface area (Å²) in [5.41, 5.74) is 2.99. The minimum Gasteiger partial charge on any atom is -0.379 e. The predicted octanol–water partition coefficient (Wildman–Crippen LogP) is 1.74. The first-order valence-electron chi connectivity index (χ1n) is 6.55. The summed E-state index contributed by atoms with van der Waals surface area (Å²) in [5, 5.41) is 14.7. The Balaban J connectivity index is 1.74. The summed E-state index contributed by atoms with van der Waals surface area (Å²) in [7, 11) is 0. The Morgan fingerprint density at radius 1 is 1.32 bits per heavy atom. The molecule has 5 heteroatoms. The van der Waals surface area contributed by atoms with E-state index in [1.54, 1.807) is 0 Å². The third-order valence-corrected chi connectivity index (χ3v) is 3.57. The van der Waals surface area contributed by atoms with Crippen molar-refractivity contribution in [3.05, 3.63) is 36.0 Å². The Kier molecular flexibility index (Phi) is 3.31. The van der Waals surface area contributed by atoms with Gasteiger partial charge in [-0.05, 0) is 13.3 Å². The zero-order valence-electron chi connectivity index (χ0n) is 11.0. The number of aromatic amines is 1. The lowest BCUT2D eigenvalue weighted by atomic mass is 10.0. The van der Waals surface area contributed by atoms with Crippen LogP contribution in [0.4, 0.5) is 0 Å². The first-order chi connectivity index (χ1) is 9.27. The van der Waals surface area contributed by atoms with Crippen molar-refractivity contribution in [2.75, 3.05) is 13.2 Å². The number of ether oxygens (including phenoxy) is 1. The van der Waals surface area contributed by atoms with Crippen molar-refractivity contribution < 1.29 is 4.74 Å². The van der Waals surface area contributed by atoms with Gasteiger partial charge < -0.3 is 10.1 Å². The number of rotatable bonds is 4. The zero-order chi connectivity index (χ0) is 13.1. The molecular formula is C14H18N4O. The molecule has 0 saturated carbocycles. The van der Waals surface area contributed by atoms with E-state index in [9.17, 15) is 0 Å². The highest BCUT2D eigenvalue weighted by Crippen LogP contribution is 2.21. The lowest BCUT2D eigenvalue weighted by Gasteiger charge is -2.23. The molecule has 1 fully saturated rings. The molecule has 100 valence electrons. The molecule has 2 N–H and O–H groups in total. The van der Waals surface area contributed by atoms with Crippen LogP contribution in [0.1, 0.15) is 19.0 Å². The van der Waals surface area contributed by atoms with Crippen molar-refractivity contribution in [2.24, 2.45) is 0 Å². The predicted molar refractivity (Wildman–Crippen MR) is 72.5 cm³/mol. The lowest BCUT2D eigenvalue weighted by molar-refractivity contribution is 0.171. The van der Waals surface area contributed by atoms with Gasteiger partial charge in [0.25, 0.3) is 0 Å². The van der Waals surface area contributed by atoms with Crippen molar-refractivity contribution in [1.29, 1.82) is 0 Å². The van der Waals surface area contributed by atoms with Crippen LogP contribution in [0.25, 0.3) is 11.3 Å². The number of benzene rings is 1. The fourth-order valence-corrected chi connectivity index (χ4v) is 2.31. The standard InChI is InChI=1S/C14H18N4O/c1-14(7-8-19-10-14)15-9-12-13(17-18-16-12)11-5-3-2-4-6-11/h2-6,15H,7-10H2,1H3,(H,16,17,18). The molecule has 1 saturated heterocycles. The highest BCUT2D eigenvalue weighted by atomic mass is 16.5. The molecule has 0 spiro atoms. The molecular weight excluding hydrogens is 240 g/mol. The van der Waals surface area contributed by atoms with Crippen LogP contribution in [0.3, 0.4) is 0 Å². The normalized spacial score (nSPS) is 22.8. The zero-order valence-corrected chi connectivity index (χ0v) is 11.0. The van der Waals surface area contributed by atoms with Gasteiger partial charge in [0.2, 0.25) is 0 Å². The maximum atomic E-state index is 5.44. The average molecular weight is 258 g/mol. The fourth-order valence-electron chi connectivity index (χ4n) is 2.31. The number of H-pyrrole nitrogens is 1. The summed E-state index contributed by atoms with van der Waals surface area (Å²) >= 11 is 0. The van der Waals surface area contributed by atoms with Crippen molar-refractivity contribution in [1.82, 2.24) is 20.7 Å². The molecule has 1 unspecified atom stereocenters. The van der Waals surface area contributed by atoms with Crippen LogP contribution in [0, 0.1) is 0 Å². The highest BCUT2D eigenvalue weighted by molar-refractivity contribution is 5.60. The highest BCUT2D eigenvalue weighted by Gasteiger charge is 2.29. The summed E-state index contributed by atoms with van der Waals surface area (Å²) in [4.78, 5) is 0. The Labute approximate surface area is 112 Å². The molecule has 19 heavy (non-hydrogen) atoms. The van der Waals surface area contributed by atoms with Gasteiger partial charge in [-0.2, -0.15) is 15.4 Å². The number of nitrogens with zero attached hydrogens (tertiary/aromatic N) is 2. The van der Waals surface area contributed by atoms with Crippen LogP contribution < -0.4 is 5.32 Å². The van der Waals surface area contributed by atoms with Gasteiger partial charge in [0.05, 0.1) is 6.61 Å². The van der Waals surface area contributed by atoms with E-state index in [1.807, 2.05) is 30.3 Å². The van der Waals surface area contributed by atoms with E-state index >= 15 is 0 Å². The molecule has 0 bridgehead atoms. The van der Waals surface area contributed by atoms with Gasteiger partial charge in [-0.15, -0.1) is 0 Å². The van der Waals surface area contributed by atoms with E-state index in [0.29, 0.717) is 6.54 Å². The van der Waals surface area contributed by atoms with Gasteiger partial charge in [0.15, 0.2) is 0 Å². The first-order valence-corrected chi connectivity index (χ1v) is 6.55. The Hall–Kier alpha value is -1.72. The lowest BCUT2D eigenvalue weighted by Crippen LogP contribution is -2.42. The van der Waals surface area contributed by atoms with E-state index in [-0.39, 0.29) is 5.54 Å². The maximum Gasteiger partial charge on any atom is 0.117 e. The number of hydrogen-bond donors (Lipinski definition) is 2. The Bertz CT molecular complexity index is 531. The van der Waals surface area contributed by atoms with E-state index in [4.69, 9.17) is 4.74 Å². The molecule has 1 aliphatic rings. The summed E-state index contributed by atoms with van der Waals surface area (Å²) in [5.74, 6) is 0. The molecule has 3 rings (SSSR count). The Morgan fingerprint density at radius 2 is 2.16 bits per heavy atom. The SMILES string of the molecule is CC1(NCc2n[nH]nc2-c2ccccc2)CCOC1. The molecule has 5 nitrogen and oxygen atoms in total. The van der Waals surface area contributed by atoms with Crippen LogP contribution >= 0.6 is 0 Å². The van der Waals surface area contributed by atoms with E-state index in [1.165, 1.54) is 0 Å². The molecule has 1 aromatic heterocycles. The third-order valence-electron chi connectivity index (χ3n) is 3.57. The van der Waals surface area contributed by atoms with E-state index < -0.39 is 0 Å². The molecule has 1 aliphatic heterocycles. The molecule has 0 amide bonds. The van der Waals surface area contributed by atoms with Crippen molar-refractivity contribution in [3.8, 4) is 11.3 Å². The Morgan fingerprint density at radius 3 is 2.89 bits per heavy atom. The summed E-state index contributed by atoms with van der Waals surface area (Å²) in [6, 6.07) is 10.1. The van der Waals surface area contributed by atoms with Gasteiger partial charge in [0, 0.05) is 24.3 Å². The van der Waals surface area contributed by atoms with Crippen LogP contribution in [-0.4, -0.2) is 34.2 Å². The van der Waals surface area contributed by atoms with Crippen LogP contribution in [0.2, 0.25) is 0 Å². The molecule has 2 heterocycles. The number of aromatic nitrogens is 3. The fraction of sp³-hybridized carbons (Fsp3) is 0.429. The van der Waals surface area contributed by atoms with E-state index in [2.05, 4.69) is 27.7 Å². The number of nitrogens with one attached hydrogen (secondary N) is 2. The summed E-state index contributed by atoms with van der Waals surface area (Å²) in [6.07, 6.45) is 1.03. The van der Waals surface area contributed by atoms with Crippen molar-refractivity contribution in [2.45, 2.75) is 25.4 Å². The topological polar surface area (TPSA) is 62.8 Å². The molecule has 0 aliphatic carbocycles.